The third kappa shape index (κ3) is 3.18. The maximum atomic E-state index is 12.2. The molecular formula is C17H14ClN5O2. The van der Waals surface area contributed by atoms with Crippen molar-refractivity contribution in [2.75, 3.05) is 10.6 Å². The van der Waals surface area contributed by atoms with Gasteiger partial charge in [-0.05, 0) is 30.7 Å². The average molecular weight is 356 g/mol. The molecule has 3 heterocycles. The molecule has 0 spiro atoms. The molecular weight excluding hydrogens is 342 g/mol. The van der Waals surface area contributed by atoms with Crippen LogP contribution in [-0.4, -0.2) is 20.9 Å². The summed E-state index contributed by atoms with van der Waals surface area (Å²) >= 11 is 6.00. The first-order valence-electron chi connectivity index (χ1n) is 7.79. The summed E-state index contributed by atoms with van der Waals surface area (Å²) in [5, 5.41) is 7.20. The van der Waals surface area contributed by atoms with Crippen molar-refractivity contribution in [3.8, 4) is 0 Å². The van der Waals surface area contributed by atoms with E-state index < -0.39 is 0 Å². The van der Waals surface area contributed by atoms with Crippen LogP contribution < -0.4 is 16.2 Å². The number of halogens is 1. The Morgan fingerprint density at radius 3 is 2.96 bits per heavy atom. The summed E-state index contributed by atoms with van der Waals surface area (Å²) in [5.74, 6) is 0.819. The number of amides is 1. The first-order chi connectivity index (χ1) is 12.1. The number of pyridine rings is 1. The van der Waals surface area contributed by atoms with Crippen molar-refractivity contribution >= 4 is 40.2 Å². The third-order valence-corrected chi connectivity index (χ3v) is 4.30. The normalized spacial score (nSPS) is 13.4. The number of hydrogen-bond donors (Lipinski definition) is 3. The quantitative estimate of drug-likeness (QED) is 0.670. The second kappa shape index (κ2) is 6.18. The maximum absolute atomic E-state index is 12.2. The minimum atomic E-state index is -0.186. The van der Waals surface area contributed by atoms with Crippen molar-refractivity contribution in [3.05, 3.63) is 57.0 Å². The largest absolute Gasteiger partial charge is 0.350 e. The zero-order valence-electron chi connectivity index (χ0n) is 13.1. The highest BCUT2D eigenvalue weighted by Gasteiger charge is 2.17. The number of rotatable bonds is 3. The standard InChI is InChI=1S/C17H14ClN5O2/c18-12-2-3-13-10(6-12)5-11(16(25)21-13)8-20-17-19-7-9-1-4-14(24)22-15(9)23-17/h2-3,5-7H,1,4,8H2,(H,21,25)(H2,19,20,22,23,24). The number of H-pyrrole nitrogens is 1. The molecule has 0 atom stereocenters. The highest BCUT2D eigenvalue weighted by molar-refractivity contribution is 6.31. The number of nitrogens with zero attached hydrogens (tertiary/aromatic N) is 2. The van der Waals surface area contributed by atoms with Crippen LogP contribution in [0.5, 0.6) is 0 Å². The molecule has 2 aromatic heterocycles. The fourth-order valence-electron chi connectivity index (χ4n) is 2.75. The maximum Gasteiger partial charge on any atom is 0.253 e. The molecule has 0 saturated heterocycles. The zero-order valence-corrected chi connectivity index (χ0v) is 13.9. The smallest absolute Gasteiger partial charge is 0.253 e. The van der Waals surface area contributed by atoms with E-state index in [1.807, 2.05) is 0 Å². The first-order valence-corrected chi connectivity index (χ1v) is 8.17. The number of aromatic nitrogens is 3. The van der Waals surface area contributed by atoms with Gasteiger partial charge in [-0.15, -0.1) is 0 Å². The number of benzene rings is 1. The van der Waals surface area contributed by atoms with Gasteiger partial charge in [-0.25, -0.2) is 4.98 Å². The van der Waals surface area contributed by atoms with Crippen LogP contribution in [0.3, 0.4) is 0 Å². The SMILES string of the molecule is O=C1CCc2cnc(NCc3cc4cc(Cl)ccc4[nH]c3=O)nc2N1. The van der Waals surface area contributed by atoms with Crippen LogP contribution in [0.4, 0.5) is 11.8 Å². The van der Waals surface area contributed by atoms with Crippen molar-refractivity contribution in [2.24, 2.45) is 0 Å². The van der Waals surface area contributed by atoms with Crippen LogP contribution >= 0.6 is 11.6 Å². The number of hydrogen-bond acceptors (Lipinski definition) is 5. The first kappa shape index (κ1) is 15.6. The Morgan fingerprint density at radius 1 is 1.20 bits per heavy atom. The van der Waals surface area contributed by atoms with Gasteiger partial charge in [-0.1, -0.05) is 11.6 Å². The molecule has 25 heavy (non-hydrogen) atoms. The molecule has 0 unspecified atom stereocenters. The lowest BCUT2D eigenvalue weighted by atomic mass is 10.1. The zero-order chi connectivity index (χ0) is 17.4. The predicted molar refractivity (Wildman–Crippen MR) is 95.9 cm³/mol. The lowest BCUT2D eigenvalue weighted by molar-refractivity contribution is -0.116. The Hall–Kier alpha value is -2.93. The van der Waals surface area contributed by atoms with Crippen LogP contribution in [0.1, 0.15) is 17.5 Å². The predicted octanol–water partition coefficient (Wildman–Crippen LogP) is 2.47. The Bertz CT molecular complexity index is 1050. The Balaban J connectivity index is 1.58. The molecule has 1 aromatic carbocycles. The lowest BCUT2D eigenvalue weighted by Gasteiger charge is -2.16. The summed E-state index contributed by atoms with van der Waals surface area (Å²) in [5.41, 5.74) is 1.99. The van der Waals surface area contributed by atoms with E-state index in [2.05, 4.69) is 25.6 Å². The summed E-state index contributed by atoms with van der Waals surface area (Å²) in [6, 6.07) is 7.08. The van der Waals surface area contributed by atoms with Gasteiger partial charge in [0.05, 0.1) is 0 Å². The lowest BCUT2D eigenvalue weighted by Crippen LogP contribution is -2.21. The molecule has 3 N–H and O–H groups in total. The number of carbonyl (C=O) groups excluding carboxylic acids is 1. The summed E-state index contributed by atoms with van der Waals surface area (Å²) in [7, 11) is 0. The number of nitrogens with one attached hydrogen (secondary N) is 3. The van der Waals surface area contributed by atoms with Gasteiger partial charge in [0, 0.05) is 46.2 Å². The van der Waals surface area contributed by atoms with E-state index >= 15 is 0 Å². The third-order valence-electron chi connectivity index (χ3n) is 4.06. The van der Waals surface area contributed by atoms with E-state index in [0.717, 1.165) is 16.5 Å². The van der Waals surface area contributed by atoms with Gasteiger partial charge in [0.2, 0.25) is 11.9 Å². The molecule has 0 radical (unpaired) electrons. The molecule has 0 aliphatic carbocycles. The molecule has 0 bridgehead atoms. The number of fused-ring (bicyclic) bond motifs is 2. The molecule has 0 fully saturated rings. The van der Waals surface area contributed by atoms with E-state index in [0.29, 0.717) is 35.2 Å². The van der Waals surface area contributed by atoms with Crippen molar-refractivity contribution in [2.45, 2.75) is 19.4 Å². The summed E-state index contributed by atoms with van der Waals surface area (Å²) in [6.45, 7) is 0.254. The van der Waals surface area contributed by atoms with Crippen LogP contribution in [0, 0.1) is 0 Å². The fraction of sp³-hybridized carbons (Fsp3) is 0.176. The monoisotopic (exact) mass is 355 g/mol. The van der Waals surface area contributed by atoms with Gasteiger partial charge in [-0.3, -0.25) is 9.59 Å². The molecule has 4 rings (SSSR count). The second-order valence-corrected chi connectivity index (χ2v) is 6.26. The van der Waals surface area contributed by atoms with Crippen molar-refractivity contribution in [3.63, 3.8) is 0 Å². The average Bonchev–Trinajstić information content (AvgIpc) is 2.60. The van der Waals surface area contributed by atoms with E-state index in [1.165, 1.54) is 0 Å². The van der Waals surface area contributed by atoms with Gasteiger partial charge in [0.15, 0.2) is 0 Å². The van der Waals surface area contributed by atoms with Crippen molar-refractivity contribution in [1.82, 2.24) is 15.0 Å². The van der Waals surface area contributed by atoms with Gasteiger partial charge >= 0.3 is 0 Å². The van der Waals surface area contributed by atoms with Gasteiger partial charge in [-0.2, -0.15) is 4.98 Å². The molecule has 1 aliphatic rings. The van der Waals surface area contributed by atoms with Gasteiger partial charge in [0.1, 0.15) is 5.82 Å². The van der Waals surface area contributed by atoms with Crippen LogP contribution in [-0.2, 0) is 17.8 Å². The Morgan fingerprint density at radius 2 is 2.08 bits per heavy atom. The fourth-order valence-corrected chi connectivity index (χ4v) is 2.93. The molecule has 1 amide bonds. The van der Waals surface area contributed by atoms with E-state index in [-0.39, 0.29) is 18.0 Å². The van der Waals surface area contributed by atoms with E-state index in [9.17, 15) is 9.59 Å². The van der Waals surface area contributed by atoms with E-state index in [4.69, 9.17) is 11.6 Å². The molecule has 7 nitrogen and oxygen atoms in total. The topological polar surface area (TPSA) is 99.8 Å². The summed E-state index contributed by atoms with van der Waals surface area (Å²) in [6.07, 6.45) is 2.76. The van der Waals surface area contributed by atoms with Crippen molar-refractivity contribution in [1.29, 1.82) is 0 Å². The minimum absolute atomic E-state index is 0.0556. The van der Waals surface area contributed by atoms with Crippen molar-refractivity contribution < 1.29 is 4.79 Å². The van der Waals surface area contributed by atoms with Crippen LogP contribution in [0.15, 0.2) is 35.3 Å². The Kier molecular flexibility index (Phi) is 3.85. The van der Waals surface area contributed by atoms with Crippen LogP contribution in [0.2, 0.25) is 5.02 Å². The minimum Gasteiger partial charge on any atom is -0.350 e. The highest BCUT2D eigenvalue weighted by Crippen LogP contribution is 2.21. The van der Waals surface area contributed by atoms with Gasteiger partial charge in [0.25, 0.3) is 5.56 Å². The molecule has 126 valence electrons. The number of aryl methyl sites for hydroxylation is 1. The second-order valence-electron chi connectivity index (χ2n) is 5.82. The summed E-state index contributed by atoms with van der Waals surface area (Å²) < 4.78 is 0. The Labute approximate surface area is 147 Å². The highest BCUT2D eigenvalue weighted by atomic mass is 35.5. The number of carbonyl (C=O) groups is 1. The van der Waals surface area contributed by atoms with E-state index in [1.54, 1.807) is 30.5 Å². The number of aromatic amines is 1. The van der Waals surface area contributed by atoms with Gasteiger partial charge < -0.3 is 15.6 Å². The molecule has 1 aliphatic heterocycles. The summed E-state index contributed by atoms with van der Waals surface area (Å²) in [4.78, 5) is 35.0. The molecule has 8 heteroatoms. The molecule has 0 saturated carbocycles. The van der Waals surface area contributed by atoms with Crippen LogP contribution in [0.25, 0.3) is 10.9 Å². The molecule has 3 aromatic rings. The number of anilines is 2.